The van der Waals surface area contributed by atoms with Crippen molar-refractivity contribution in [2.24, 2.45) is 5.92 Å². The lowest BCUT2D eigenvalue weighted by atomic mass is 9.87. The molecule has 2 atom stereocenters. The molecule has 0 aliphatic carbocycles. The second kappa shape index (κ2) is 4.93. The number of carbonyl (C=O) groups excluding carboxylic acids is 1. The maximum atomic E-state index is 11.6. The summed E-state index contributed by atoms with van der Waals surface area (Å²) < 4.78 is 0. The Kier molecular flexibility index (Phi) is 3.57. The molecule has 15 heavy (non-hydrogen) atoms. The van der Waals surface area contributed by atoms with Crippen LogP contribution in [0.3, 0.4) is 0 Å². The maximum Gasteiger partial charge on any atom is 0.133 e. The molecule has 0 amide bonds. The third-order valence-corrected chi connectivity index (χ3v) is 3.71. The number of piperidine rings is 1. The van der Waals surface area contributed by atoms with E-state index in [2.05, 4.69) is 11.9 Å². The molecule has 2 aliphatic heterocycles. The van der Waals surface area contributed by atoms with Crippen molar-refractivity contribution in [3.05, 3.63) is 12.7 Å². The van der Waals surface area contributed by atoms with Crippen LogP contribution in [-0.2, 0) is 4.79 Å². The van der Waals surface area contributed by atoms with Gasteiger partial charge >= 0.3 is 0 Å². The summed E-state index contributed by atoms with van der Waals surface area (Å²) in [6, 6.07) is 1.42. The van der Waals surface area contributed by atoms with Crippen LogP contribution < -0.4 is 5.32 Å². The molecule has 2 heteroatoms. The molecule has 0 aromatic rings. The number of hydrogen-bond acceptors (Lipinski definition) is 2. The van der Waals surface area contributed by atoms with E-state index in [0.29, 0.717) is 30.2 Å². The highest BCUT2D eigenvalue weighted by Gasteiger charge is 2.33. The third-order valence-electron chi connectivity index (χ3n) is 3.71. The van der Waals surface area contributed by atoms with Gasteiger partial charge in [0.2, 0.25) is 0 Å². The van der Waals surface area contributed by atoms with Gasteiger partial charge in [0, 0.05) is 24.9 Å². The van der Waals surface area contributed by atoms with Gasteiger partial charge in [-0.3, -0.25) is 4.79 Å². The Morgan fingerprint density at radius 2 is 2.00 bits per heavy atom. The van der Waals surface area contributed by atoms with Crippen LogP contribution in [0.25, 0.3) is 0 Å². The summed E-state index contributed by atoms with van der Waals surface area (Å²) >= 11 is 0. The van der Waals surface area contributed by atoms with Crippen molar-refractivity contribution in [3.8, 4) is 0 Å². The van der Waals surface area contributed by atoms with E-state index in [0.717, 1.165) is 12.8 Å². The number of ketones is 1. The number of allylic oxidation sites excluding steroid dienone is 1. The Bertz CT molecular complexity index is 237. The predicted octanol–water partition coefficient (Wildman–Crippen LogP) is 2.44. The average molecular weight is 207 g/mol. The molecule has 84 valence electrons. The molecule has 0 radical (unpaired) electrons. The molecule has 2 aliphatic rings. The van der Waals surface area contributed by atoms with E-state index >= 15 is 0 Å². The van der Waals surface area contributed by atoms with Crippen molar-refractivity contribution in [2.45, 2.75) is 57.0 Å². The normalized spacial score (nSPS) is 34.0. The summed E-state index contributed by atoms with van der Waals surface area (Å²) in [6.45, 7) is 3.65. The minimum Gasteiger partial charge on any atom is -0.311 e. The molecule has 2 unspecified atom stereocenters. The largest absolute Gasteiger partial charge is 0.311 e. The van der Waals surface area contributed by atoms with Gasteiger partial charge in [-0.15, -0.1) is 6.58 Å². The van der Waals surface area contributed by atoms with Crippen LogP contribution in [-0.4, -0.2) is 17.9 Å². The lowest BCUT2D eigenvalue weighted by Crippen LogP contribution is -2.38. The molecule has 2 rings (SSSR count). The summed E-state index contributed by atoms with van der Waals surface area (Å²) in [6.07, 6.45) is 9.27. The monoisotopic (exact) mass is 207 g/mol. The van der Waals surface area contributed by atoms with Crippen LogP contribution in [0.1, 0.15) is 44.9 Å². The van der Waals surface area contributed by atoms with Gasteiger partial charge in [0.15, 0.2) is 0 Å². The number of Topliss-reactive ketones (excluding diaryl/α,β-unsaturated/α-hetero) is 1. The fourth-order valence-corrected chi connectivity index (χ4v) is 3.03. The summed E-state index contributed by atoms with van der Waals surface area (Å²) in [5.41, 5.74) is 0. The van der Waals surface area contributed by atoms with E-state index in [4.69, 9.17) is 0 Å². The molecular formula is C13H21NO. The van der Waals surface area contributed by atoms with E-state index < -0.39 is 0 Å². The first-order chi connectivity index (χ1) is 7.28. The molecule has 0 aromatic heterocycles. The quantitative estimate of drug-likeness (QED) is 0.702. The van der Waals surface area contributed by atoms with Crippen molar-refractivity contribution < 1.29 is 4.79 Å². The Morgan fingerprint density at radius 3 is 2.60 bits per heavy atom. The van der Waals surface area contributed by atoms with E-state index in [9.17, 15) is 4.79 Å². The van der Waals surface area contributed by atoms with Crippen molar-refractivity contribution in [1.82, 2.24) is 5.32 Å². The Morgan fingerprint density at radius 1 is 1.33 bits per heavy atom. The van der Waals surface area contributed by atoms with Crippen LogP contribution in [0, 0.1) is 5.92 Å². The molecule has 2 saturated heterocycles. The van der Waals surface area contributed by atoms with Gasteiger partial charge in [0.05, 0.1) is 0 Å². The molecule has 2 nitrogen and oxygen atoms in total. The first-order valence-electron chi connectivity index (χ1n) is 6.16. The molecule has 2 bridgehead atoms. The van der Waals surface area contributed by atoms with Gasteiger partial charge in [0.1, 0.15) is 5.78 Å². The number of fused-ring (bicyclic) bond motifs is 2. The van der Waals surface area contributed by atoms with E-state index in [-0.39, 0.29) is 0 Å². The molecule has 2 fully saturated rings. The zero-order valence-corrected chi connectivity index (χ0v) is 9.37. The number of rotatable bonds is 5. The summed E-state index contributed by atoms with van der Waals surface area (Å²) in [4.78, 5) is 11.6. The Labute approximate surface area is 92.1 Å². The highest BCUT2D eigenvalue weighted by molar-refractivity contribution is 5.78. The topological polar surface area (TPSA) is 29.1 Å². The van der Waals surface area contributed by atoms with E-state index in [1.165, 1.54) is 25.7 Å². The van der Waals surface area contributed by atoms with Crippen molar-refractivity contribution in [3.63, 3.8) is 0 Å². The zero-order valence-electron chi connectivity index (χ0n) is 9.37. The van der Waals surface area contributed by atoms with Crippen LogP contribution in [0.2, 0.25) is 0 Å². The SMILES string of the molecule is C=CCCC(=O)CC1CC2CCC(C1)N2. The minimum absolute atomic E-state index is 0.432. The molecule has 0 aromatic carbocycles. The van der Waals surface area contributed by atoms with Gasteiger partial charge in [-0.05, 0) is 38.0 Å². The van der Waals surface area contributed by atoms with Gasteiger partial charge in [-0.1, -0.05) is 6.08 Å². The number of carbonyl (C=O) groups is 1. The summed E-state index contributed by atoms with van der Waals surface area (Å²) in [5, 5.41) is 3.61. The standard InChI is InChI=1S/C13H21NO/c1-2-3-4-13(15)9-10-7-11-5-6-12(8-10)14-11/h2,10-12,14H,1,3-9H2. The lowest BCUT2D eigenvalue weighted by Gasteiger charge is -2.28. The first kappa shape index (κ1) is 10.9. The van der Waals surface area contributed by atoms with E-state index in [1.807, 2.05) is 6.08 Å². The summed E-state index contributed by atoms with van der Waals surface area (Å²) in [5.74, 6) is 1.09. The smallest absolute Gasteiger partial charge is 0.133 e. The second-order valence-corrected chi connectivity index (χ2v) is 5.05. The first-order valence-corrected chi connectivity index (χ1v) is 6.16. The average Bonchev–Trinajstić information content (AvgIpc) is 2.55. The summed E-state index contributed by atoms with van der Waals surface area (Å²) in [7, 11) is 0. The Hall–Kier alpha value is -0.630. The maximum absolute atomic E-state index is 11.6. The highest BCUT2D eigenvalue weighted by Crippen LogP contribution is 2.32. The Balaban J connectivity index is 1.75. The highest BCUT2D eigenvalue weighted by atomic mass is 16.1. The van der Waals surface area contributed by atoms with Crippen molar-refractivity contribution >= 4 is 5.78 Å². The van der Waals surface area contributed by atoms with Gasteiger partial charge in [-0.2, -0.15) is 0 Å². The molecule has 1 N–H and O–H groups in total. The zero-order chi connectivity index (χ0) is 10.7. The van der Waals surface area contributed by atoms with Crippen LogP contribution in [0.5, 0.6) is 0 Å². The molecule has 0 spiro atoms. The fraction of sp³-hybridized carbons (Fsp3) is 0.769. The molecule has 2 heterocycles. The lowest BCUT2D eigenvalue weighted by molar-refractivity contribution is -0.120. The van der Waals surface area contributed by atoms with Crippen molar-refractivity contribution in [2.75, 3.05) is 0 Å². The van der Waals surface area contributed by atoms with Gasteiger partial charge in [0.25, 0.3) is 0 Å². The van der Waals surface area contributed by atoms with Crippen molar-refractivity contribution in [1.29, 1.82) is 0 Å². The molecule has 0 saturated carbocycles. The minimum atomic E-state index is 0.432. The fourth-order valence-electron chi connectivity index (χ4n) is 3.03. The second-order valence-electron chi connectivity index (χ2n) is 5.05. The van der Waals surface area contributed by atoms with Crippen LogP contribution in [0.4, 0.5) is 0 Å². The molecular weight excluding hydrogens is 186 g/mol. The number of hydrogen-bond donors (Lipinski definition) is 1. The van der Waals surface area contributed by atoms with E-state index in [1.54, 1.807) is 0 Å². The van der Waals surface area contributed by atoms with Crippen LogP contribution >= 0.6 is 0 Å². The van der Waals surface area contributed by atoms with Crippen LogP contribution in [0.15, 0.2) is 12.7 Å². The predicted molar refractivity (Wildman–Crippen MR) is 61.7 cm³/mol. The number of nitrogens with one attached hydrogen (secondary N) is 1. The van der Waals surface area contributed by atoms with Gasteiger partial charge < -0.3 is 5.32 Å². The van der Waals surface area contributed by atoms with Gasteiger partial charge in [-0.25, -0.2) is 0 Å². The third kappa shape index (κ3) is 2.91.